The highest BCUT2D eigenvalue weighted by atomic mass is 31.2. The first-order valence-electron chi connectivity index (χ1n) is 43.8. The van der Waals surface area contributed by atoms with Crippen LogP contribution in [0.5, 0.6) is 0 Å². The third kappa shape index (κ3) is 74.2. The van der Waals surface area contributed by atoms with Gasteiger partial charge in [-0.05, 0) is 49.4 Å². The lowest BCUT2D eigenvalue weighted by molar-refractivity contribution is -0.161. The summed E-state index contributed by atoms with van der Waals surface area (Å²) >= 11 is 0. The van der Waals surface area contributed by atoms with Crippen LogP contribution in [0.2, 0.25) is 0 Å². The van der Waals surface area contributed by atoms with Gasteiger partial charge in [-0.15, -0.1) is 0 Å². The van der Waals surface area contributed by atoms with Crippen molar-refractivity contribution in [2.75, 3.05) is 39.6 Å². The van der Waals surface area contributed by atoms with Gasteiger partial charge < -0.3 is 33.8 Å². The van der Waals surface area contributed by atoms with Gasteiger partial charge in [-0.3, -0.25) is 37.3 Å². The zero-order chi connectivity index (χ0) is 76.7. The van der Waals surface area contributed by atoms with Crippen LogP contribution in [0.25, 0.3) is 0 Å². The number of phosphoric acid groups is 2. The lowest BCUT2D eigenvalue weighted by atomic mass is 9.99. The molecule has 104 heavy (non-hydrogen) atoms. The van der Waals surface area contributed by atoms with Gasteiger partial charge >= 0.3 is 39.5 Å². The van der Waals surface area contributed by atoms with Crippen LogP contribution in [-0.2, 0) is 65.4 Å². The number of hydrogen-bond acceptors (Lipinski definition) is 15. The molecular formula is C85H166O17P2. The van der Waals surface area contributed by atoms with Gasteiger partial charge in [0.25, 0.3) is 0 Å². The van der Waals surface area contributed by atoms with Crippen molar-refractivity contribution in [1.82, 2.24) is 0 Å². The minimum Gasteiger partial charge on any atom is -0.462 e. The molecule has 618 valence electrons. The van der Waals surface area contributed by atoms with Crippen molar-refractivity contribution in [3.63, 3.8) is 0 Å². The van der Waals surface area contributed by atoms with Crippen molar-refractivity contribution in [2.45, 2.75) is 459 Å². The van der Waals surface area contributed by atoms with Gasteiger partial charge in [-0.1, -0.05) is 389 Å². The van der Waals surface area contributed by atoms with Crippen LogP contribution in [0.3, 0.4) is 0 Å². The summed E-state index contributed by atoms with van der Waals surface area (Å²) in [5.74, 6) is 1.06. The van der Waals surface area contributed by atoms with Crippen molar-refractivity contribution in [2.24, 2.45) is 23.7 Å². The fourth-order valence-electron chi connectivity index (χ4n) is 13.0. The Morgan fingerprint density at radius 3 is 0.683 bits per heavy atom. The normalized spacial score (nSPS) is 14.7. The summed E-state index contributed by atoms with van der Waals surface area (Å²) in [6.45, 7) is 14.3. The molecule has 0 aliphatic heterocycles. The van der Waals surface area contributed by atoms with Crippen LogP contribution >= 0.6 is 15.6 Å². The number of hydrogen-bond donors (Lipinski definition) is 3. The molecule has 0 saturated heterocycles. The van der Waals surface area contributed by atoms with Crippen LogP contribution in [0.1, 0.15) is 441 Å². The number of aliphatic hydroxyl groups excluding tert-OH is 1. The predicted octanol–water partition coefficient (Wildman–Crippen LogP) is 25.6. The summed E-state index contributed by atoms with van der Waals surface area (Å²) < 4.78 is 68.8. The second-order valence-electron chi connectivity index (χ2n) is 31.8. The number of unbranched alkanes of at least 4 members (excludes halogenated alkanes) is 45. The number of carbonyl (C=O) groups excluding carboxylic acids is 4. The van der Waals surface area contributed by atoms with Gasteiger partial charge in [0.1, 0.15) is 19.3 Å². The maximum Gasteiger partial charge on any atom is 0.472 e. The Balaban J connectivity index is 5.13. The number of aliphatic hydroxyl groups is 1. The second kappa shape index (κ2) is 73.8. The summed E-state index contributed by atoms with van der Waals surface area (Å²) in [5.41, 5.74) is 0. The molecule has 0 spiro atoms. The van der Waals surface area contributed by atoms with E-state index in [-0.39, 0.29) is 25.7 Å². The lowest BCUT2D eigenvalue weighted by Gasteiger charge is -2.21. The molecule has 0 radical (unpaired) electrons. The van der Waals surface area contributed by atoms with Crippen molar-refractivity contribution in [3.8, 4) is 0 Å². The molecular weight excluding hydrogens is 1350 g/mol. The predicted molar refractivity (Wildman–Crippen MR) is 428 cm³/mol. The number of ether oxygens (including phenoxy) is 4. The fourth-order valence-corrected chi connectivity index (χ4v) is 14.6. The van der Waals surface area contributed by atoms with Gasteiger partial charge in [-0.25, -0.2) is 9.13 Å². The standard InChI is InChI=1S/C85H166O17P2/c1-9-76(6)62-54-46-38-32-28-24-20-16-12-14-18-22-26-30-34-40-51-59-67-84(89)101-80(71-95-82(87)65-57-49-42-36-37-45-53-61-75(4)5)73-99-103(91,92)97-69-79(86)70-98-104(93,94)100-74-81(72-96-83(88)66-58-50-44-43-48-56-64-78(8)11-3)102-85(90)68-60-52-41-35-31-27-23-19-15-13-17-21-25-29-33-39-47-55-63-77(7)10-2/h75-81,86H,9-74H2,1-8H3,(H,91,92)(H,93,94)/t76?,77?,78?,79?,80-,81-/m1/s1. The maximum atomic E-state index is 13.1. The van der Waals surface area contributed by atoms with Gasteiger partial charge in [0.2, 0.25) is 0 Å². The summed E-state index contributed by atoms with van der Waals surface area (Å²) in [7, 11) is -9.92. The van der Waals surface area contributed by atoms with E-state index in [2.05, 4.69) is 55.4 Å². The van der Waals surface area contributed by atoms with E-state index in [0.717, 1.165) is 120 Å². The largest absolute Gasteiger partial charge is 0.472 e. The van der Waals surface area contributed by atoms with Crippen LogP contribution in [0.4, 0.5) is 0 Å². The van der Waals surface area contributed by atoms with Crippen molar-refractivity contribution < 1.29 is 80.2 Å². The van der Waals surface area contributed by atoms with E-state index in [0.29, 0.717) is 31.6 Å². The molecule has 0 amide bonds. The molecule has 0 fully saturated rings. The topological polar surface area (TPSA) is 237 Å². The smallest absolute Gasteiger partial charge is 0.462 e. The highest BCUT2D eigenvalue weighted by Gasteiger charge is 2.31. The molecule has 19 heteroatoms. The molecule has 8 atom stereocenters. The van der Waals surface area contributed by atoms with Gasteiger partial charge in [0.15, 0.2) is 12.2 Å². The monoisotopic (exact) mass is 1520 g/mol. The highest BCUT2D eigenvalue weighted by Crippen LogP contribution is 2.45. The molecule has 0 rings (SSSR count). The van der Waals surface area contributed by atoms with E-state index in [4.69, 9.17) is 37.0 Å². The highest BCUT2D eigenvalue weighted by molar-refractivity contribution is 7.47. The average molecular weight is 1520 g/mol. The molecule has 0 aromatic carbocycles. The van der Waals surface area contributed by atoms with Gasteiger partial charge in [0, 0.05) is 25.7 Å². The fraction of sp³-hybridized carbons (Fsp3) is 0.953. The number of esters is 4. The maximum absolute atomic E-state index is 13.1. The molecule has 17 nitrogen and oxygen atoms in total. The van der Waals surface area contributed by atoms with E-state index in [1.807, 2.05) is 0 Å². The third-order valence-electron chi connectivity index (χ3n) is 20.9. The second-order valence-corrected chi connectivity index (χ2v) is 34.7. The molecule has 0 aliphatic rings. The molecule has 0 aromatic heterocycles. The summed E-state index contributed by atoms with van der Waals surface area (Å²) in [6.07, 6.45) is 62.7. The lowest BCUT2D eigenvalue weighted by Crippen LogP contribution is -2.30. The van der Waals surface area contributed by atoms with Gasteiger partial charge in [-0.2, -0.15) is 0 Å². The first kappa shape index (κ1) is 102. The molecule has 0 saturated carbocycles. The molecule has 6 unspecified atom stereocenters. The number of carbonyl (C=O) groups is 4. The van der Waals surface area contributed by atoms with Crippen molar-refractivity contribution >= 4 is 39.5 Å². The summed E-state index contributed by atoms with van der Waals surface area (Å²) in [4.78, 5) is 73.1. The minimum atomic E-state index is -4.96. The zero-order valence-electron chi connectivity index (χ0n) is 68.7. The molecule has 3 N–H and O–H groups in total. The SMILES string of the molecule is CCC(C)CCCCCCCCCCCCCCCCCCCCC(=O)O[C@H](COC(=O)CCCCCCCCCC(C)C)COP(=O)(O)OCC(O)COP(=O)(O)OC[C@@H](COC(=O)CCCCCCCCC(C)CC)OC(=O)CCCCCCCCCCCCCCCCCCCCC(C)CC. The zero-order valence-corrected chi connectivity index (χ0v) is 70.5. The van der Waals surface area contributed by atoms with Crippen LogP contribution < -0.4 is 0 Å². The Labute approximate surface area is 638 Å². The quantitative estimate of drug-likeness (QED) is 0.0222. The van der Waals surface area contributed by atoms with Crippen LogP contribution in [0.15, 0.2) is 0 Å². The van der Waals surface area contributed by atoms with E-state index in [1.165, 1.54) is 231 Å². The molecule has 0 bridgehead atoms. The van der Waals surface area contributed by atoms with Crippen LogP contribution in [-0.4, -0.2) is 96.7 Å². The summed E-state index contributed by atoms with van der Waals surface area (Å²) in [5, 5.41) is 10.7. The van der Waals surface area contributed by atoms with E-state index >= 15 is 0 Å². The first-order chi connectivity index (χ1) is 50.2. The van der Waals surface area contributed by atoms with Crippen molar-refractivity contribution in [3.05, 3.63) is 0 Å². The third-order valence-corrected chi connectivity index (χ3v) is 22.8. The summed E-state index contributed by atoms with van der Waals surface area (Å²) in [6, 6.07) is 0. The Bertz CT molecular complexity index is 2030. The average Bonchev–Trinajstić information content (AvgIpc) is 0.903. The number of phosphoric ester groups is 2. The number of rotatable bonds is 82. The Morgan fingerprint density at radius 2 is 0.462 bits per heavy atom. The van der Waals surface area contributed by atoms with Crippen LogP contribution in [0, 0.1) is 23.7 Å². The molecule has 0 aliphatic carbocycles. The van der Waals surface area contributed by atoms with E-state index < -0.39 is 97.5 Å². The molecule has 0 heterocycles. The molecule has 0 aromatic rings. The minimum absolute atomic E-state index is 0.107. The van der Waals surface area contributed by atoms with Crippen molar-refractivity contribution in [1.29, 1.82) is 0 Å². The van der Waals surface area contributed by atoms with E-state index in [9.17, 15) is 43.2 Å². The van der Waals surface area contributed by atoms with E-state index in [1.54, 1.807) is 0 Å². The first-order valence-corrected chi connectivity index (χ1v) is 46.8. The Morgan fingerprint density at radius 1 is 0.269 bits per heavy atom. The Kier molecular flexibility index (Phi) is 72.5. The van der Waals surface area contributed by atoms with Gasteiger partial charge in [0.05, 0.1) is 26.4 Å². The Hall–Kier alpha value is -1.94.